The minimum absolute atomic E-state index is 0. The molecular formula is C6H7ClMgO. The van der Waals surface area contributed by atoms with E-state index in [1.807, 2.05) is 0 Å². The van der Waals surface area contributed by atoms with Gasteiger partial charge in [0.05, 0.1) is 0 Å². The fraction of sp³-hybridized carbons (Fsp3) is 0. The molecule has 1 aromatic rings. The first kappa shape index (κ1) is 9.08. The minimum Gasteiger partial charge on any atom is -1.00 e. The van der Waals surface area contributed by atoms with Crippen molar-refractivity contribution in [1.82, 2.24) is 0 Å². The molecule has 0 atom stereocenters. The van der Waals surface area contributed by atoms with Gasteiger partial charge in [-0.05, 0) is 24.3 Å². The van der Waals surface area contributed by atoms with Crippen LogP contribution in [0.2, 0.25) is 5.02 Å². The number of rotatable bonds is 0. The van der Waals surface area contributed by atoms with Gasteiger partial charge in [0.15, 0.2) is 0 Å². The second-order valence-corrected chi connectivity index (χ2v) is 1.91. The second kappa shape index (κ2) is 3.98. The summed E-state index contributed by atoms with van der Waals surface area (Å²) in [6.07, 6.45) is 0. The van der Waals surface area contributed by atoms with Gasteiger partial charge in [0.25, 0.3) is 0 Å². The zero-order valence-corrected chi connectivity index (χ0v) is 7.01. The van der Waals surface area contributed by atoms with Crippen LogP contribution in [0.4, 0.5) is 0 Å². The van der Waals surface area contributed by atoms with Crippen molar-refractivity contribution < 1.29 is 7.96 Å². The van der Waals surface area contributed by atoms with Crippen LogP contribution >= 0.6 is 11.6 Å². The average Bonchev–Trinajstić information content (AvgIpc) is 1.77. The molecule has 0 saturated carbocycles. The molecule has 0 aliphatic rings. The number of hydrogen-bond donors (Lipinski definition) is 1. The molecule has 9 heavy (non-hydrogen) atoms. The molecule has 0 aliphatic carbocycles. The molecule has 0 amide bonds. The largest absolute Gasteiger partial charge is 2.00 e. The normalized spacial score (nSPS) is 8.11. The molecule has 1 rings (SSSR count). The predicted molar refractivity (Wildman–Crippen MR) is 41.1 cm³/mol. The quantitative estimate of drug-likeness (QED) is 0.567. The van der Waals surface area contributed by atoms with E-state index in [9.17, 15) is 0 Å². The molecule has 0 bridgehead atoms. The molecular weight excluding hydrogens is 148 g/mol. The summed E-state index contributed by atoms with van der Waals surface area (Å²) in [6.45, 7) is 0. The van der Waals surface area contributed by atoms with Gasteiger partial charge in [0.2, 0.25) is 0 Å². The van der Waals surface area contributed by atoms with E-state index in [1.165, 1.54) is 0 Å². The summed E-state index contributed by atoms with van der Waals surface area (Å²) in [6, 6.07) is 6.36. The molecule has 0 unspecified atom stereocenters. The smallest absolute Gasteiger partial charge is 1.00 e. The third-order valence-electron chi connectivity index (χ3n) is 0.827. The van der Waals surface area contributed by atoms with Gasteiger partial charge < -0.3 is 7.96 Å². The van der Waals surface area contributed by atoms with E-state index in [1.54, 1.807) is 24.3 Å². The second-order valence-electron chi connectivity index (χ2n) is 1.48. The molecule has 0 radical (unpaired) electrons. The first-order valence-electron chi connectivity index (χ1n) is 2.23. The van der Waals surface area contributed by atoms with Crippen LogP contribution in [0, 0.1) is 0 Å². The third kappa shape index (κ3) is 2.94. The Morgan fingerprint density at radius 1 is 1.22 bits per heavy atom. The maximum atomic E-state index is 8.70. The van der Waals surface area contributed by atoms with E-state index in [0.29, 0.717) is 5.02 Å². The molecule has 0 spiro atoms. The van der Waals surface area contributed by atoms with Crippen LogP contribution in [0.5, 0.6) is 5.75 Å². The van der Waals surface area contributed by atoms with Crippen LogP contribution in [0.1, 0.15) is 2.85 Å². The first-order valence-corrected chi connectivity index (χ1v) is 2.61. The Hall–Kier alpha value is 0.0762. The Bertz CT molecular complexity index is 159. The summed E-state index contributed by atoms with van der Waals surface area (Å²) in [5.74, 6) is 0.245. The summed E-state index contributed by atoms with van der Waals surface area (Å²) in [5.41, 5.74) is 0. The molecule has 3 heteroatoms. The number of benzene rings is 1. The summed E-state index contributed by atoms with van der Waals surface area (Å²) in [5, 5.41) is 9.34. The zero-order chi connectivity index (χ0) is 5.98. The average molecular weight is 155 g/mol. The van der Waals surface area contributed by atoms with Gasteiger partial charge >= 0.3 is 23.1 Å². The van der Waals surface area contributed by atoms with E-state index in [4.69, 9.17) is 16.7 Å². The number of phenolic OH excluding ortho intramolecular Hbond substituents is 1. The molecule has 1 aromatic carbocycles. The number of halogens is 1. The van der Waals surface area contributed by atoms with Crippen LogP contribution < -0.4 is 0 Å². The van der Waals surface area contributed by atoms with Crippen LogP contribution in [0.3, 0.4) is 0 Å². The number of phenols is 1. The Morgan fingerprint density at radius 3 is 2.00 bits per heavy atom. The SMILES string of the molecule is Oc1ccc(Cl)cc1.[H-].[H-].[Mg+2]. The van der Waals surface area contributed by atoms with Crippen molar-refractivity contribution in [3.05, 3.63) is 29.3 Å². The van der Waals surface area contributed by atoms with Crippen LogP contribution in [0.15, 0.2) is 24.3 Å². The Labute approximate surface area is 77.8 Å². The van der Waals surface area contributed by atoms with Crippen molar-refractivity contribution in [3.63, 3.8) is 0 Å². The monoisotopic (exact) mass is 154 g/mol. The summed E-state index contributed by atoms with van der Waals surface area (Å²) in [7, 11) is 0. The maximum absolute atomic E-state index is 8.70. The van der Waals surface area contributed by atoms with E-state index in [2.05, 4.69) is 0 Å². The molecule has 0 heterocycles. The van der Waals surface area contributed by atoms with E-state index in [-0.39, 0.29) is 31.7 Å². The van der Waals surface area contributed by atoms with E-state index in [0.717, 1.165) is 0 Å². The van der Waals surface area contributed by atoms with Gasteiger partial charge in [0.1, 0.15) is 5.75 Å². The van der Waals surface area contributed by atoms with Gasteiger partial charge in [-0.15, -0.1) is 0 Å². The number of aromatic hydroxyl groups is 1. The number of hydrogen-bond acceptors (Lipinski definition) is 1. The van der Waals surface area contributed by atoms with Crippen molar-refractivity contribution in [2.45, 2.75) is 0 Å². The molecule has 46 valence electrons. The Kier molecular flexibility index (Phi) is 4.02. The maximum Gasteiger partial charge on any atom is 2.00 e. The first-order chi connectivity index (χ1) is 3.79. The van der Waals surface area contributed by atoms with E-state index >= 15 is 0 Å². The van der Waals surface area contributed by atoms with Crippen molar-refractivity contribution in [2.75, 3.05) is 0 Å². The van der Waals surface area contributed by atoms with Gasteiger partial charge in [-0.1, -0.05) is 11.6 Å². The molecule has 1 nitrogen and oxygen atoms in total. The van der Waals surface area contributed by atoms with Crippen molar-refractivity contribution in [3.8, 4) is 5.75 Å². The van der Waals surface area contributed by atoms with Crippen LogP contribution in [0.25, 0.3) is 0 Å². The van der Waals surface area contributed by atoms with Crippen molar-refractivity contribution in [1.29, 1.82) is 0 Å². The van der Waals surface area contributed by atoms with Gasteiger partial charge in [0, 0.05) is 5.02 Å². The molecule has 0 aromatic heterocycles. The predicted octanol–water partition coefficient (Wildman–Crippen LogP) is 1.89. The summed E-state index contributed by atoms with van der Waals surface area (Å²) >= 11 is 5.50. The van der Waals surface area contributed by atoms with Crippen LogP contribution in [-0.4, -0.2) is 28.2 Å². The van der Waals surface area contributed by atoms with Gasteiger partial charge in [-0.25, -0.2) is 0 Å². The Balaban J connectivity index is -0.000000213. The minimum atomic E-state index is 0. The summed E-state index contributed by atoms with van der Waals surface area (Å²) in [4.78, 5) is 0. The molecule has 0 aliphatic heterocycles. The van der Waals surface area contributed by atoms with Gasteiger partial charge in [-0.3, -0.25) is 0 Å². The van der Waals surface area contributed by atoms with Crippen LogP contribution in [-0.2, 0) is 0 Å². The van der Waals surface area contributed by atoms with Crippen molar-refractivity contribution in [2.24, 2.45) is 0 Å². The fourth-order valence-corrected chi connectivity index (χ4v) is 0.567. The van der Waals surface area contributed by atoms with E-state index < -0.39 is 0 Å². The standard InChI is InChI=1S/C6H5ClO.Mg.2H/c7-5-1-3-6(8)4-2-5;;;/h1-4,8H;;;/q;+2;2*-1. The fourth-order valence-electron chi connectivity index (χ4n) is 0.441. The van der Waals surface area contributed by atoms with Crippen molar-refractivity contribution >= 4 is 34.7 Å². The summed E-state index contributed by atoms with van der Waals surface area (Å²) < 4.78 is 0. The molecule has 1 N–H and O–H groups in total. The topological polar surface area (TPSA) is 20.2 Å². The molecule has 0 saturated heterocycles. The van der Waals surface area contributed by atoms with Gasteiger partial charge in [-0.2, -0.15) is 0 Å². The third-order valence-corrected chi connectivity index (χ3v) is 1.08. The molecule has 0 fully saturated rings. The zero-order valence-electron chi connectivity index (χ0n) is 6.84. The Morgan fingerprint density at radius 2 is 1.67 bits per heavy atom.